The average molecular weight is 903 g/mol. The maximum atomic E-state index is 15.4. The number of carbonyl (C=O) groups excluding carboxylic acids is 1. The SMILES string of the molecule is COc1ccnc(-c2cc(=O)n(-c3ccc(Cl)c(C(N)=NSC)c3NCC(F)(F)F)c(C(Cc3cc(F)cc(F)c3)NC(=O)Cn3nc(C(F)F)c4c3C(F)(F)C(C)C4)n2)n1. The first kappa shape index (κ1) is 44.7. The average Bonchev–Trinajstić information content (AvgIpc) is 3.65. The zero-order valence-electron chi connectivity index (χ0n) is 31.8. The van der Waals surface area contributed by atoms with Crippen LogP contribution in [-0.4, -0.2) is 67.1 Å². The number of amides is 1. The van der Waals surface area contributed by atoms with E-state index in [1.165, 1.54) is 31.7 Å². The highest BCUT2D eigenvalue weighted by Crippen LogP contribution is 2.48. The first-order valence-corrected chi connectivity index (χ1v) is 19.3. The van der Waals surface area contributed by atoms with Gasteiger partial charge in [-0.3, -0.25) is 18.8 Å². The summed E-state index contributed by atoms with van der Waals surface area (Å²) in [7, 11) is 1.28. The van der Waals surface area contributed by atoms with Crippen molar-refractivity contribution in [3.63, 3.8) is 0 Å². The number of nitrogens with two attached hydrogens (primary N) is 1. The molecule has 1 aliphatic carbocycles. The van der Waals surface area contributed by atoms with E-state index in [0.29, 0.717) is 10.7 Å². The lowest BCUT2D eigenvalue weighted by molar-refractivity contribution is -0.123. The van der Waals surface area contributed by atoms with Gasteiger partial charge in [-0.05, 0) is 48.2 Å². The van der Waals surface area contributed by atoms with Crippen molar-refractivity contribution in [1.82, 2.24) is 34.6 Å². The van der Waals surface area contributed by atoms with Crippen molar-refractivity contribution in [1.29, 1.82) is 0 Å². The Morgan fingerprint density at radius 2 is 1.84 bits per heavy atom. The van der Waals surface area contributed by atoms with Gasteiger partial charge in [0.25, 0.3) is 17.9 Å². The van der Waals surface area contributed by atoms with Crippen LogP contribution < -0.4 is 26.7 Å². The Morgan fingerprint density at radius 1 is 1.13 bits per heavy atom. The van der Waals surface area contributed by atoms with Crippen molar-refractivity contribution in [2.24, 2.45) is 16.0 Å². The Hall–Kier alpha value is -5.84. The highest BCUT2D eigenvalue weighted by molar-refractivity contribution is 7.97. The van der Waals surface area contributed by atoms with E-state index >= 15 is 8.78 Å². The zero-order chi connectivity index (χ0) is 44.6. The van der Waals surface area contributed by atoms with Gasteiger partial charge < -0.3 is 21.1 Å². The molecule has 2 atom stereocenters. The minimum Gasteiger partial charge on any atom is -0.481 e. The summed E-state index contributed by atoms with van der Waals surface area (Å²) in [6.07, 6.45) is -6.50. The molecule has 0 saturated carbocycles. The first-order chi connectivity index (χ1) is 28.7. The van der Waals surface area contributed by atoms with Gasteiger partial charge in [0.2, 0.25) is 11.8 Å². The van der Waals surface area contributed by atoms with Gasteiger partial charge in [0.1, 0.15) is 53.5 Å². The summed E-state index contributed by atoms with van der Waals surface area (Å²) in [6, 6.07) is 5.09. The van der Waals surface area contributed by atoms with Crippen molar-refractivity contribution in [3.8, 4) is 23.1 Å². The van der Waals surface area contributed by atoms with E-state index in [1.54, 1.807) is 0 Å². The molecule has 6 rings (SSSR count). The largest absolute Gasteiger partial charge is 0.481 e. The number of anilines is 1. The van der Waals surface area contributed by atoms with Crippen LogP contribution in [0.4, 0.5) is 45.2 Å². The summed E-state index contributed by atoms with van der Waals surface area (Å²) in [5.41, 5.74) is 1.14. The standard InChI is InChI=1S/C37H32ClF9N10O3S/c1-16-8-20-29(32(41)42)54-56(31(20)37(16,46)47)14-25(58)51-23(11-17-9-18(39)12-19(40)10-17)35-52-22(34-49-7-6-26(53-34)60-2)13-27(59)57(35)24-5-4-21(38)28(33(48)55-61-3)30(24)50-15-36(43,44)45/h4-7,9-10,12-13,16,23,32,50H,8,11,14-15H2,1-3H3,(H2,48,55)(H,51,58). The van der Waals surface area contributed by atoms with Gasteiger partial charge in [-0.1, -0.05) is 18.5 Å². The van der Waals surface area contributed by atoms with E-state index in [-0.39, 0.29) is 39.4 Å². The fourth-order valence-electron chi connectivity index (χ4n) is 6.78. The number of nitrogens with one attached hydrogen (secondary N) is 2. The van der Waals surface area contributed by atoms with Crippen LogP contribution in [0.25, 0.3) is 17.2 Å². The number of fused-ring (bicyclic) bond motifs is 1. The lowest BCUT2D eigenvalue weighted by Crippen LogP contribution is -2.38. The first-order valence-electron chi connectivity index (χ1n) is 17.7. The quantitative estimate of drug-likeness (QED) is 0.0453. The van der Waals surface area contributed by atoms with Crippen molar-refractivity contribution < 1.29 is 49.0 Å². The molecule has 0 fully saturated rings. The van der Waals surface area contributed by atoms with Crippen LogP contribution in [0.5, 0.6) is 5.88 Å². The third-order valence-electron chi connectivity index (χ3n) is 9.33. The molecule has 5 aromatic rings. The molecule has 13 nitrogen and oxygen atoms in total. The number of halogens is 10. The highest BCUT2D eigenvalue weighted by Gasteiger charge is 2.51. The van der Waals surface area contributed by atoms with Gasteiger partial charge in [-0.15, -0.1) is 0 Å². The third-order valence-corrected chi connectivity index (χ3v) is 10.0. The van der Waals surface area contributed by atoms with Crippen LogP contribution in [0.3, 0.4) is 0 Å². The summed E-state index contributed by atoms with van der Waals surface area (Å²) >= 11 is 7.29. The summed E-state index contributed by atoms with van der Waals surface area (Å²) in [5.74, 6) is -9.62. The number of alkyl halides is 7. The number of aromatic nitrogens is 6. The number of nitrogens with zero attached hydrogens (tertiary/aromatic N) is 7. The summed E-state index contributed by atoms with van der Waals surface area (Å²) in [5, 5.41) is 8.09. The van der Waals surface area contributed by atoms with Crippen molar-refractivity contribution in [2.75, 3.05) is 25.2 Å². The second kappa shape index (κ2) is 17.6. The molecule has 0 spiro atoms. The third kappa shape index (κ3) is 9.56. The van der Waals surface area contributed by atoms with Gasteiger partial charge in [-0.25, -0.2) is 27.5 Å². The molecule has 0 aliphatic heterocycles. The number of hydrogen-bond donors (Lipinski definition) is 3. The number of carbonyl (C=O) groups is 1. The molecule has 0 radical (unpaired) electrons. The Balaban J connectivity index is 1.61. The molecule has 3 aromatic heterocycles. The molecule has 61 heavy (non-hydrogen) atoms. The number of hydrogen-bond acceptors (Lipinski definition) is 10. The molecule has 0 bridgehead atoms. The number of rotatable bonds is 14. The van der Waals surface area contributed by atoms with Gasteiger partial charge in [-0.2, -0.15) is 36.4 Å². The molecule has 1 amide bonds. The van der Waals surface area contributed by atoms with E-state index < -0.39 is 114 Å². The lowest BCUT2D eigenvalue weighted by Gasteiger charge is -2.26. The zero-order valence-corrected chi connectivity index (χ0v) is 33.4. The van der Waals surface area contributed by atoms with Crippen molar-refractivity contribution >= 4 is 41.0 Å². The smallest absolute Gasteiger partial charge is 0.405 e. The molecule has 2 aromatic carbocycles. The Kier molecular flexibility index (Phi) is 12.9. The van der Waals surface area contributed by atoms with Gasteiger partial charge >= 0.3 is 6.18 Å². The van der Waals surface area contributed by atoms with Crippen molar-refractivity contribution in [2.45, 2.75) is 50.9 Å². The molecule has 24 heteroatoms. The van der Waals surface area contributed by atoms with E-state index in [1.807, 2.05) is 0 Å². The van der Waals surface area contributed by atoms with Crippen LogP contribution in [0.1, 0.15) is 53.3 Å². The normalized spacial score (nSPS) is 15.5. The summed E-state index contributed by atoms with van der Waals surface area (Å²) < 4.78 is 140. The fourth-order valence-corrected chi connectivity index (χ4v) is 7.32. The Bertz CT molecular complexity index is 2550. The van der Waals surface area contributed by atoms with E-state index in [4.69, 9.17) is 22.1 Å². The van der Waals surface area contributed by atoms with E-state index in [9.17, 15) is 40.3 Å². The number of ether oxygens (including phenoxy) is 1. The molecule has 0 saturated heterocycles. The van der Waals surface area contributed by atoms with E-state index in [0.717, 1.165) is 47.7 Å². The molecule has 1 aliphatic rings. The second-order valence-electron chi connectivity index (χ2n) is 13.5. The Labute approximate surface area is 348 Å². The number of benzene rings is 2. The van der Waals surface area contributed by atoms with Crippen LogP contribution in [0, 0.1) is 17.6 Å². The van der Waals surface area contributed by atoms with E-state index in [2.05, 4.69) is 35.1 Å². The van der Waals surface area contributed by atoms with Crippen molar-refractivity contribution in [3.05, 3.63) is 110 Å². The molecule has 2 unspecified atom stereocenters. The maximum absolute atomic E-state index is 15.4. The molecule has 3 heterocycles. The number of amidine groups is 1. The van der Waals surface area contributed by atoms with Crippen LogP contribution >= 0.6 is 23.5 Å². The fraction of sp³-hybridized carbons (Fsp3) is 0.324. The topological polar surface area (TPSA) is 167 Å². The van der Waals surface area contributed by atoms with Gasteiger partial charge in [0.05, 0.1) is 35.1 Å². The molecule has 4 N–H and O–H groups in total. The molecular formula is C37H32ClF9N10O3S. The minimum absolute atomic E-state index is 0.00296. The highest BCUT2D eigenvalue weighted by atomic mass is 35.5. The van der Waals surface area contributed by atoms with Gasteiger partial charge in [0.15, 0.2) is 5.82 Å². The minimum atomic E-state index is -4.86. The predicted molar refractivity (Wildman–Crippen MR) is 206 cm³/mol. The molecular weight excluding hydrogens is 871 g/mol. The Morgan fingerprint density at radius 3 is 2.48 bits per heavy atom. The second-order valence-corrected chi connectivity index (χ2v) is 14.5. The number of methoxy groups -OCH3 is 1. The van der Waals surface area contributed by atoms with Crippen LogP contribution in [0.2, 0.25) is 5.02 Å². The van der Waals surface area contributed by atoms with Crippen LogP contribution in [0.15, 0.2) is 57.9 Å². The summed E-state index contributed by atoms with van der Waals surface area (Å²) in [6.45, 7) is -1.67. The summed E-state index contributed by atoms with van der Waals surface area (Å²) in [4.78, 5) is 41.3. The van der Waals surface area contributed by atoms with Crippen LogP contribution in [-0.2, 0) is 30.1 Å². The maximum Gasteiger partial charge on any atom is 0.405 e. The molecule has 324 valence electrons. The predicted octanol–water partition coefficient (Wildman–Crippen LogP) is 7.11. The van der Waals surface area contributed by atoms with Gasteiger partial charge in [0, 0.05) is 48.6 Å². The lowest BCUT2D eigenvalue weighted by atomic mass is 10.0. The monoisotopic (exact) mass is 902 g/mol.